The van der Waals surface area contributed by atoms with Crippen LogP contribution in [0.1, 0.15) is 21.5 Å². The minimum absolute atomic E-state index is 0.00145. The maximum atomic E-state index is 13.0. The maximum absolute atomic E-state index is 13.0. The molecule has 0 fully saturated rings. The standard InChI is InChI=1S/C22H17NO2/c1-25-18-13-11-16(12-14-18)15-21-19-9-5-6-10-20(19)22(24)23(21)17-7-3-2-4-8-17/h2-15H,1H3/b21-15-. The van der Waals surface area contributed by atoms with Gasteiger partial charge in [-0.05, 0) is 42.0 Å². The van der Waals surface area contributed by atoms with Crippen molar-refractivity contribution in [3.63, 3.8) is 0 Å². The van der Waals surface area contributed by atoms with Crippen LogP contribution in [0, 0.1) is 0 Å². The van der Waals surface area contributed by atoms with E-state index in [0.29, 0.717) is 0 Å². The van der Waals surface area contributed by atoms with Crippen molar-refractivity contribution < 1.29 is 9.53 Å². The first kappa shape index (κ1) is 15.2. The minimum Gasteiger partial charge on any atom is -0.497 e. The number of nitrogens with zero attached hydrogens (tertiary/aromatic N) is 1. The van der Waals surface area contributed by atoms with E-state index in [9.17, 15) is 4.79 Å². The second kappa shape index (κ2) is 6.29. The van der Waals surface area contributed by atoms with Gasteiger partial charge in [0.15, 0.2) is 0 Å². The number of carbonyl (C=O) groups excluding carboxylic acids is 1. The molecule has 3 aromatic rings. The lowest BCUT2D eigenvalue weighted by Gasteiger charge is -2.18. The molecule has 3 nitrogen and oxygen atoms in total. The number of benzene rings is 3. The Morgan fingerprint density at radius 1 is 0.800 bits per heavy atom. The fraction of sp³-hybridized carbons (Fsp3) is 0.0455. The molecule has 0 saturated heterocycles. The van der Waals surface area contributed by atoms with Crippen LogP contribution in [0.25, 0.3) is 11.8 Å². The van der Waals surface area contributed by atoms with Gasteiger partial charge in [0.05, 0.1) is 12.8 Å². The molecule has 0 aliphatic carbocycles. The van der Waals surface area contributed by atoms with Gasteiger partial charge in [0.2, 0.25) is 0 Å². The smallest absolute Gasteiger partial charge is 0.263 e. The number of ether oxygens (including phenoxy) is 1. The third-order valence-electron chi connectivity index (χ3n) is 4.31. The molecule has 0 bridgehead atoms. The Hall–Kier alpha value is -3.33. The van der Waals surface area contributed by atoms with Crippen LogP contribution >= 0.6 is 0 Å². The lowest BCUT2D eigenvalue weighted by Crippen LogP contribution is -2.22. The van der Waals surface area contributed by atoms with E-state index in [1.54, 1.807) is 12.0 Å². The summed E-state index contributed by atoms with van der Waals surface area (Å²) in [5.41, 5.74) is 4.44. The van der Waals surface area contributed by atoms with E-state index in [1.165, 1.54) is 0 Å². The zero-order valence-electron chi connectivity index (χ0n) is 13.8. The normalized spacial score (nSPS) is 14.7. The quantitative estimate of drug-likeness (QED) is 0.688. The highest BCUT2D eigenvalue weighted by Crippen LogP contribution is 2.37. The summed E-state index contributed by atoms with van der Waals surface area (Å²) in [6.45, 7) is 0. The van der Waals surface area contributed by atoms with Crippen molar-refractivity contribution in [2.75, 3.05) is 12.0 Å². The minimum atomic E-state index is 0.00145. The second-order valence-corrected chi connectivity index (χ2v) is 5.82. The van der Waals surface area contributed by atoms with Gasteiger partial charge in [0.25, 0.3) is 5.91 Å². The number of fused-ring (bicyclic) bond motifs is 1. The van der Waals surface area contributed by atoms with E-state index in [-0.39, 0.29) is 5.91 Å². The van der Waals surface area contributed by atoms with E-state index in [1.807, 2.05) is 84.9 Å². The van der Waals surface area contributed by atoms with Crippen molar-refractivity contribution in [2.24, 2.45) is 0 Å². The van der Waals surface area contributed by atoms with Crippen LogP contribution in [0.2, 0.25) is 0 Å². The van der Waals surface area contributed by atoms with Gasteiger partial charge in [-0.3, -0.25) is 9.69 Å². The first-order valence-electron chi connectivity index (χ1n) is 8.12. The Labute approximate surface area is 146 Å². The predicted molar refractivity (Wildman–Crippen MR) is 101 cm³/mol. The molecule has 122 valence electrons. The Morgan fingerprint density at radius 3 is 2.12 bits per heavy atom. The lowest BCUT2D eigenvalue weighted by molar-refractivity contribution is 0.101. The van der Waals surface area contributed by atoms with Gasteiger partial charge in [-0.15, -0.1) is 0 Å². The van der Waals surface area contributed by atoms with Crippen LogP contribution < -0.4 is 9.64 Å². The molecule has 4 rings (SSSR count). The number of rotatable bonds is 3. The second-order valence-electron chi connectivity index (χ2n) is 5.82. The maximum Gasteiger partial charge on any atom is 0.263 e. The topological polar surface area (TPSA) is 29.5 Å². The van der Waals surface area contributed by atoms with Crippen molar-refractivity contribution in [2.45, 2.75) is 0 Å². The number of hydrogen-bond donors (Lipinski definition) is 0. The molecule has 0 spiro atoms. The fourth-order valence-corrected chi connectivity index (χ4v) is 3.08. The Balaban J connectivity index is 1.86. The molecule has 0 N–H and O–H groups in total. The third-order valence-corrected chi connectivity index (χ3v) is 4.31. The molecule has 0 atom stereocenters. The van der Waals surface area contributed by atoms with Crippen LogP contribution in [0.3, 0.4) is 0 Å². The monoisotopic (exact) mass is 327 g/mol. The number of amides is 1. The summed E-state index contributed by atoms with van der Waals surface area (Å²) in [5.74, 6) is 0.812. The molecule has 1 aliphatic rings. The molecule has 1 heterocycles. The predicted octanol–water partition coefficient (Wildman–Crippen LogP) is 4.85. The first-order valence-corrected chi connectivity index (χ1v) is 8.12. The molecule has 3 heteroatoms. The summed E-state index contributed by atoms with van der Waals surface area (Å²) in [4.78, 5) is 14.7. The Morgan fingerprint density at radius 2 is 1.44 bits per heavy atom. The molecule has 0 radical (unpaired) electrons. The average Bonchev–Trinajstić information content (AvgIpc) is 2.95. The molecule has 25 heavy (non-hydrogen) atoms. The van der Waals surface area contributed by atoms with Crippen molar-refractivity contribution >= 4 is 23.4 Å². The molecule has 0 aromatic heterocycles. The average molecular weight is 327 g/mol. The molecule has 0 unspecified atom stereocenters. The van der Waals surface area contributed by atoms with Crippen molar-refractivity contribution in [1.29, 1.82) is 0 Å². The zero-order chi connectivity index (χ0) is 17.2. The lowest BCUT2D eigenvalue weighted by atomic mass is 10.1. The van der Waals surface area contributed by atoms with Crippen LogP contribution in [0.4, 0.5) is 5.69 Å². The zero-order valence-corrected chi connectivity index (χ0v) is 13.8. The molecular weight excluding hydrogens is 310 g/mol. The highest BCUT2D eigenvalue weighted by Gasteiger charge is 2.32. The Bertz CT molecular complexity index is 943. The number of anilines is 1. The van der Waals surface area contributed by atoms with Gasteiger partial charge in [0.1, 0.15) is 5.75 Å². The van der Waals surface area contributed by atoms with Gasteiger partial charge in [-0.2, -0.15) is 0 Å². The fourth-order valence-electron chi connectivity index (χ4n) is 3.08. The Kier molecular flexibility index (Phi) is 3.82. The molecule has 3 aromatic carbocycles. The summed E-state index contributed by atoms with van der Waals surface area (Å²) in [6, 6.07) is 25.3. The van der Waals surface area contributed by atoms with Gasteiger partial charge in [-0.25, -0.2) is 0 Å². The highest BCUT2D eigenvalue weighted by atomic mass is 16.5. The van der Waals surface area contributed by atoms with E-state index in [4.69, 9.17) is 4.74 Å². The summed E-state index contributed by atoms with van der Waals surface area (Å²) >= 11 is 0. The van der Waals surface area contributed by atoms with Crippen molar-refractivity contribution in [1.82, 2.24) is 0 Å². The van der Waals surface area contributed by atoms with Gasteiger partial charge in [0, 0.05) is 16.8 Å². The van der Waals surface area contributed by atoms with E-state index in [2.05, 4.69) is 0 Å². The number of hydrogen-bond acceptors (Lipinski definition) is 2. The SMILES string of the molecule is COc1ccc(/C=C2/c3ccccc3C(=O)N2c2ccccc2)cc1. The van der Waals surface area contributed by atoms with Crippen LogP contribution in [-0.2, 0) is 0 Å². The summed E-state index contributed by atoms with van der Waals surface area (Å²) in [5, 5.41) is 0. The highest BCUT2D eigenvalue weighted by molar-refractivity contribution is 6.24. The van der Waals surface area contributed by atoms with E-state index >= 15 is 0 Å². The van der Waals surface area contributed by atoms with Crippen molar-refractivity contribution in [3.05, 3.63) is 95.6 Å². The molecular formula is C22H17NO2. The van der Waals surface area contributed by atoms with Crippen LogP contribution in [-0.4, -0.2) is 13.0 Å². The largest absolute Gasteiger partial charge is 0.497 e. The van der Waals surface area contributed by atoms with Gasteiger partial charge >= 0.3 is 0 Å². The van der Waals surface area contributed by atoms with Crippen LogP contribution in [0.5, 0.6) is 5.75 Å². The summed E-state index contributed by atoms with van der Waals surface area (Å²) in [7, 11) is 1.65. The summed E-state index contributed by atoms with van der Waals surface area (Å²) in [6.07, 6.45) is 2.04. The number of carbonyl (C=O) groups is 1. The molecule has 1 amide bonds. The van der Waals surface area contributed by atoms with E-state index in [0.717, 1.165) is 33.8 Å². The molecule has 1 aliphatic heterocycles. The third kappa shape index (κ3) is 2.70. The van der Waals surface area contributed by atoms with Crippen molar-refractivity contribution in [3.8, 4) is 5.75 Å². The van der Waals surface area contributed by atoms with Gasteiger partial charge < -0.3 is 4.74 Å². The number of para-hydroxylation sites is 1. The van der Waals surface area contributed by atoms with Gasteiger partial charge in [-0.1, -0.05) is 48.5 Å². The van der Waals surface area contributed by atoms with E-state index < -0.39 is 0 Å². The summed E-state index contributed by atoms with van der Waals surface area (Å²) < 4.78 is 5.22. The first-order chi connectivity index (χ1) is 12.3. The molecule has 0 saturated carbocycles. The number of methoxy groups -OCH3 is 1. The van der Waals surface area contributed by atoms with Crippen LogP contribution in [0.15, 0.2) is 78.9 Å².